The first kappa shape index (κ1) is 25.2. The van der Waals surface area contributed by atoms with Crippen molar-refractivity contribution in [2.24, 2.45) is 0 Å². The van der Waals surface area contributed by atoms with E-state index in [0.717, 1.165) is 29.1 Å². The van der Waals surface area contributed by atoms with Crippen LogP contribution in [0.2, 0.25) is 0 Å². The number of aryl methyl sites for hydroxylation is 2. The van der Waals surface area contributed by atoms with Crippen LogP contribution in [-0.4, -0.2) is 61.3 Å². The second-order valence-corrected chi connectivity index (χ2v) is 8.65. The Balaban J connectivity index is 1.49. The number of carbonyl (C=O) groups excluding carboxylic acids is 1. The Kier molecular flexibility index (Phi) is 7.87. The standard InChI is InChI=1S/C27H32FN5O3/c1-5-23-22(16-19-7-6-8-20(28)15-19)26(30-18(2)29-23)32-11-13-33(14-12-32)27(34)31-24-10-9-21(35-3)17-25(24)36-4/h6-10,15,17H,5,11-14,16H2,1-4H3,(H,31,34). The normalized spacial score (nSPS) is 13.5. The lowest BCUT2D eigenvalue weighted by Gasteiger charge is -2.36. The number of methoxy groups -OCH3 is 2. The molecule has 1 aliphatic rings. The molecule has 36 heavy (non-hydrogen) atoms. The molecule has 1 fully saturated rings. The quantitative estimate of drug-likeness (QED) is 0.524. The van der Waals surface area contributed by atoms with Gasteiger partial charge in [-0.2, -0.15) is 0 Å². The number of anilines is 2. The summed E-state index contributed by atoms with van der Waals surface area (Å²) in [5.41, 5.74) is 3.44. The lowest BCUT2D eigenvalue weighted by Crippen LogP contribution is -2.50. The van der Waals surface area contributed by atoms with Crippen molar-refractivity contribution in [1.82, 2.24) is 14.9 Å². The lowest BCUT2D eigenvalue weighted by atomic mass is 10.0. The van der Waals surface area contributed by atoms with E-state index in [1.165, 1.54) is 6.07 Å². The van der Waals surface area contributed by atoms with E-state index in [0.29, 0.717) is 55.6 Å². The topological polar surface area (TPSA) is 79.8 Å². The molecule has 2 amide bonds. The molecule has 0 atom stereocenters. The molecule has 1 saturated heterocycles. The number of urea groups is 1. The average molecular weight is 494 g/mol. The number of nitrogens with one attached hydrogen (secondary N) is 1. The van der Waals surface area contributed by atoms with Crippen molar-refractivity contribution < 1.29 is 18.7 Å². The molecule has 0 aliphatic carbocycles. The molecule has 1 aromatic heterocycles. The van der Waals surface area contributed by atoms with Crippen molar-refractivity contribution in [3.63, 3.8) is 0 Å². The number of rotatable bonds is 7. The molecule has 190 valence electrons. The van der Waals surface area contributed by atoms with Crippen LogP contribution in [0.3, 0.4) is 0 Å². The predicted octanol–water partition coefficient (Wildman–Crippen LogP) is 4.45. The van der Waals surface area contributed by atoms with Crippen LogP contribution in [0, 0.1) is 12.7 Å². The molecule has 2 heterocycles. The van der Waals surface area contributed by atoms with Crippen LogP contribution in [0.5, 0.6) is 11.5 Å². The molecule has 4 rings (SSSR count). The summed E-state index contributed by atoms with van der Waals surface area (Å²) in [5.74, 6) is 2.50. The van der Waals surface area contributed by atoms with Gasteiger partial charge in [0.1, 0.15) is 29.0 Å². The van der Waals surface area contributed by atoms with Gasteiger partial charge >= 0.3 is 6.03 Å². The molecule has 9 heteroatoms. The second kappa shape index (κ2) is 11.2. The van der Waals surface area contributed by atoms with Gasteiger partial charge < -0.3 is 24.6 Å². The van der Waals surface area contributed by atoms with Crippen LogP contribution in [0.1, 0.15) is 29.6 Å². The van der Waals surface area contributed by atoms with E-state index in [2.05, 4.69) is 22.1 Å². The first-order chi connectivity index (χ1) is 17.4. The highest BCUT2D eigenvalue weighted by Gasteiger charge is 2.26. The van der Waals surface area contributed by atoms with Crippen molar-refractivity contribution in [2.75, 3.05) is 50.6 Å². The van der Waals surface area contributed by atoms with E-state index >= 15 is 0 Å². The van der Waals surface area contributed by atoms with Crippen LogP contribution in [0.25, 0.3) is 0 Å². The third-order valence-corrected chi connectivity index (χ3v) is 6.30. The van der Waals surface area contributed by atoms with Gasteiger partial charge in [-0.25, -0.2) is 19.2 Å². The second-order valence-electron chi connectivity index (χ2n) is 8.65. The molecule has 1 aliphatic heterocycles. The first-order valence-corrected chi connectivity index (χ1v) is 12.1. The monoisotopic (exact) mass is 493 g/mol. The van der Waals surface area contributed by atoms with Gasteiger partial charge in [-0.05, 0) is 43.2 Å². The zero-order valence-corrected chi connectivity index (χ0v) is 21.2. The van der Waals surface area contributed by atoms with E-state index in [1.807, 2.05) is 13.0 Å². The van der Waals surface area contributed by atoms with Gasteiger partial charge in [0, 0.05) is 49.9 Å². The maximum atomic E-state index is 13.8. The minimum Gasteiger partial charge on any atom is -0.497 e. The van der Waals surface area contributed by atoms with E-state index in [4.69, 9.17) is 14.5 Å². The van der Waals surface area contributed by atoms with Crippen molar-refractivity contribution in [3.05, 3.63) is 70.9 Å². The molecular weight excluding hydrogens is 461 g/mol. The van der Waals surface area contributed by atoms with Gasteiger partial charge in [0.2, 0.25) is 0 Å². The predicted molar refractivity (Wildman–Crippen MR) is 138 cm³/mol. The maximum Gasteiger partial charge on any atom is 0.322 e. The Morgan fingerprint density at radius 1 is 1.06 bits per heavy atom. The van der Waals surface area contributed by atoms with E-state index in [1.54, 1.807) is 49.5 Å². The highest BCUT2D eigenvalue weighted by molar-refractivity contribution is 5.91. The molecule has 0 unspecified atom stereocenters. The molecule has 0 radical (unpaired) electrons. The van der Waals surface area contributed by atoms with Gasteiger partial charge in [0.25, 0.3) is 0 Å². The minimum atomic E-state index is -0.256. The highest BCUT2D eigenvalue weighted by atomic mass is 19.1. The number of piperazine rings is 1. The van der Waals surface area contributed by atoms with Crippen LogP contribution in [-0.2, 0) is 12.8 Å². The summed E-state index contributed by atoms with van der Waals surface area (Å²) in [7, 11) is 3.14. The number of nitrogens with zero attached hydrogens (tertiary/aromatic N) is 4. The van der Waals surface area contributed by atoms with Crippen LogP contribution < -0.4 is 19.7 Å². The number of halogens is 1. The lowest BCUT2D eigenvalue weighted by molar-refractivity contribution is 0.208. The Morgan fingerprint density at radius 3 is 2.50 bits per heavy atom. The van der Waals surface area contributed by atoms with Crippen molar-refractivity contribution in [1.29, 1.82) is 0 Å². The van der Waals surface area contributed by atoms with Crippen LogP contribution >= 0.6 is 0 Å². The number of amides is 2. The van der Waals surface area contributed by atoms with Gasteiger partial charge in [0.05, 0.1) is 19.9 Å². The maximum absolute atomic E-state index is 13.8. The molecule has 0 bridgehead atoms. The summed E-state index contributed by atoms with van der Waals surface area (Å²) >= 11 is 0. The van der Waals surface area contributed by atoms with Crippen LogP contribution in [0.4, 0.5) is 20.7 Å². The zero-order valence-electron chi connectivity index (χ0n) is 21.2. The summed E-state index contributed by atoms with van der Waals surface area (Å²) in [6, 6.07) is 11.7. The third-order valence-electron chi connectivity index (χ3n) is 6.30. The van der Waals surface area contributed by atoms with E-state index in [-0.39, 0.29) is 11.8 Å². The smallest absolute Gasteiger partial charge is 0.322 e. The number of hydrogen-bond acceptors (Lipinski definition) is 6. The number of hydrogen-bond donors (Lipinski definition) is 1. The molecular formula is C27H32FN5O3. The first-order valence-electron chi connectivity index (χ1n) is 12.1. The molecule has 8 nitrogen and oxygen atoms in total. The van der Waals surface area contributed by atoms with Gasteiger partial charge in [-0.15, -0.1) is 0 Å². The summed E-state index contributed by atoms with van der Waals surface area (Å²) < 4.78 is 24.5. The minimum absolute atomic E-state index is 0.189. The molecule has 0 saturated carbocycles. The fourth-order valence-electron chi connectivity index (χ4n) is 4.44. The molecule has 2 aromatic carbocycles. The summed E-state index contributed by atoms with van der Waals surface area (Å²) in [6.07, 6.45) is 1.31. The fourth-order valence-corrected chi connectivity index (χ4v) is 4.44. The van der Waals surface area contributed by atoms with Gasteiger partial charge in [-0.1, -0.05) is 19.1 Å². The summed E-state index contributed by atoms with van der Waals surface area (Å²) in [5, 5.41) is 2.94. The van der Waals surface area contributed by atoms with Crippen molar-refractivity contribution in [2.45, 2.75) is 26.7 Å². The van der Waals surface area contributed by atoms with E-state index < -0.39 is 0 Å². The summed E-state index contributed by atoms with van der Waals surface area (Å²) in [4.78, 5) is 26.4. The SMILES string of the molecule is CCc1nc(C)nc(N2CCN(C(=O)Nc3ccc(OC)cc3OC)CC2)c1Cc1cccc(F)c1. The molecule has 0 spiro atoms. The fraction of sp³-hybridized carbons (Fsp3) is 0.370. The van der Waals surface area contributed by atoms with Gasteiger partial charge in [-0.3, -0.25) is 0 Å². The molecule has 1 N–H and O–H groups in total. The number of aromatic nitrogens is 2. The Labute approximate surface area is 211 Å². The van der Waals surface area contributed by atoms with E-state index in [9.17, 15) is 9.18 Å². The summed E-state index contributed by atoms with van der Waals surface area (Å²) in [6.45, 7) is 6.28. The zero-order chi connectivity index (χ0) is 25.7. The average Bonchev–Trinajstić information content (AvgIpc) is 2.89. The van der Waals surface area contributed by atoms with Gasteiger partial charge in [0.15, 0.2) is 0 Å². The van der Waals surface area contributed by atoms with Crippen molar-refractivity contribution in [3.8, 4) is 11.5 Å². The number of benzene rings is 2. The van der Waals surface area contributed by atoms with Crippen LogP contribution in [0.15, 0.2) is 42.5 Å². The number of carbonyl (C=O) groups is 1. The Bertz CT molecular complexity index is 1230. The Hall–Kier alpha value is -3.88. The largest absolute Gasteiger partial charge is 0.497 e. The number of ether oxygens (including phenoxy) is 2. The highest BCUT2D eigenvalue weighted by Crippen LogP contribution is 2.30. The Morgan fingerprint density at radius 2 is 1.83 bits per heavy atom. The van der Waals surface area contributed by atoms with Crippen molar-refractivity contribution >= 4 is 17.5 Å². The molecule has 3 aromatic rings. The third kappa shape index (κ3) is 5.67.